The number of nitrogens with one attached hydrogen (secondary N) is 2. The maximum atomic E-state index is 13.2. The molecule has 4 saturated heterocycles. The molecule has 6 aliphatic heterocycles. The molecule has 56 heavy (non-hydrogen) atoms. The predicted molar refractivity (Wildman–Crippen MR) is 211 cm³/mol. The van der Waals surface area contributed by atoms with Gasteiger partial charge in [-0.25, -0.2) is 0 Å². The Bertz CT molecular complexity index is 1990. The van der Waals surface area contributed by atoms with Gasteiger partial charge in [0.15, 0.2) is 0 Å². The lowest BCUT2D eigenvalue weighted by Crippen LogP contribution is -2.58. The summed E-state index contributed by atoms with van der Waals surface area (Å²) in [6.07, 6.45) is 6.16. The number of hydrogen-bond donors (Lipinski definition) is 5. The van der Waals surface area contributed by atoms with Crippen LogP contribution in [0.25, 0.3) is 5.70 Å². The van der Waals surface area contributed by atoms with E-state index in [1.807, 2.05) is 24.3 Å². The minimum absolute atomic E-state index is 0.130. The van der Waals surface area contributed by atoms with E-state index in [1.165, 1.54) is 38.9 Å². The fourth-order valence-corrected chi connectivity index (χ4v) is 10.5. The van der Waals surface area contributed by atoms with Crippen molar-refractivity contribution in [2.45, 2.75) is 44.2 Å². The average molecular weight is 764 g/mol. The molecule has 4 amide bonds. The number of benzene rings is 2. The van der Waals surface area contributed by atoms with Crippen molar-refractivity contribution in [3.63, 3.8) is 0 Å². The van der Waals surface area contributed by atoms with Crippen LogP contribution in [0.15, 0.2) is 60.1 Å². The molecule has 0 radical (unpaired) electrons. The highest BCUT2D eigenvalue weighted by Crippen LogP contribution is 2.48. The number of hydrogen-bond acceptors (Lipinski definition) is 12. The highest BCUT2D eigenvalue weighted by atomic mass is 16.3. The molecule has 6 unspecified atom stereocenters. The first-order valence-electron chi connectivity index (χ1n) is 20.3. The van der Waals surface area contributed by atoms with Crippen LogP contribution in [-0.4, -0.2) is 126 Å². The molecule has 6 atom stereocenters. The zero-order valence-electron chi connectivity index (χ0n) is 32.0. The third-order valence-electron chi connectivity index (χ3n) is 13.6. The second kappa shape index (κ2) is 14.5. The van der Waals surface area contributed by atoms with Gasteiger partial charge in [-0.1, -0.05) is 12.1 Å². The summed E-state index contributed by atoms with van der Waals surface area (Å²) in [6, 6.07) is 12.1. The Balaban J connectivity index is 0.000000162. The number of piperazine rings is 1. The Kier molecular flexibility index (Phi) is 9.43. The first kappa shape index (κ1) is 36.6. The number of para-hydroxylation sites is 1. The predicted octanol–water partition coefficient (Wildman–Crippen LogP) is 1.54. The van der Waals surface area contributed by atoms with Crippen molar-refractivity contribution in [2.24, 2.45) is 41.1 Å². The molecule has 10 rings (SSSR count). The van der Waals surface area contributed by atoms with Crippen molar-refractivity contribution >= 4 is 35.0 Å². The Morgan fingerprint density at radius 3 is 2.36 bits per heavy atom. The number of phenols is 1. The number of phenolic OH excluding ortho intramolecular Hbond substituents is 1. The van der Waals surface area contributed by atoms with E-state index in [1.54, 1.807) is 24.3 Å². The molecular formula is C42H53N9O5. The molecule has 14 nitrogen and oxygen atoms in total. The average Bonchev–Trinajstić information content (AvgIpc) is 3.63. The van der Waals surface area contributed by atoms with Gasteiger partial charge in [0.05, 0.1) is 22.9 Å². The molecule has 14 heteroatoms. The molecule has 2 bridgehead atoms. The SMILES string of the molecule is CN1CCN2C(/C=C(\N)c3ccccc3O)=C(N)NCC2C1.O=C1CCC(N2C(=O)c3ccc(N4CC5CCC(C4)C5CN4CC5CC5C4)cc3C2=O)C(=O)N1. The van der Waals surface area contributed by atoms with Gasteiger partial charge in [-0.15, -0.1) is 0 Å². The summed E-state index contributed by atoms with van der Waals surface area (Å²) in [5.74, 6) is 3.10. The second-order valence-corrected chi connectivity index (χ2v) is 17.2. The number of rotatable bonds is 6. The number of likely N-dealkylation sites (N-methyl/N-ethyl adjacent to an activating group) is 1. The maximum Gasteiger partial charge on any atom is 0.262 e. The van der Waals surface area contributed by atoms with Crippen LogP contribution in [0.5, 0.6) is 5.75 Å². The van der Waals surface area contributed by atoms with Gasteiger partial charge in [-0.3, -0.25) is 29.4 Å². The number of aromatic hydroxyl groups is 1. The molecule has 2 aromatic carbocycles. The van der Waals surface area contributed by atoms with Gasteiger partial charge in [0.1, 0.15) is 17.6 Å². The summed E-state index contributed by atoms with van der Waals surface area (Å²) in [4.78, 5) is 60.8. The summed E-state index contributed by atoms with van der Waals surface area (Å²) in [5.41, 5.74) is 16.1. The van der Waals surface area contributed by atoms with Gasteiger partial charge in [-0.2, -0.15) is 0 Å². The number of fused-ring (bicyclic) bond motifs is 5. The van der Waals surface area contributed by atoms with Crippen LogP contribution in [0.1, 0.15) is 58.4 Å². The van der Waals surface area contributed by atoms with Crippen LogP contribution in [0.2, 0.25) is 0 Å². The molecule has 6 heterocycles. The zero-order chi connectivity index (χ0) is 38.8. The molecular weight excluding hydrogens is 711 g/mol. The van der Waals surface area contributed by atoms with Crippen molar-refractivity contribution in [3.8, 4) is 5.75 Å². The van der Waals surface area contributed by atoms with E-state index in [9.17, 15) is 24.3 Å². The molecule has 8 aliphatic rings. The second-order valence-electron chi connectivity index (χ2n) is 17.2. The number of anilines is 1. The topological polar surface area (TPSA) is 181 Å². The van der Waals surface area contributed by atoms with E-state index in [2.05, 4.69) is 37.3 Å². The fourth-order valence-electron chi connectivity index (χ4n) is 10.5. The van der Waals surface area contributed by atoms with Crippen molar-refractivity contribution < 1.29 is 24.3 Å². The van der Waals surface area contributed by atoms with Gasteiger partial charge in [0.2, 0.25) is 11.8 Å². The van der Waals surface area contributed by atoms with Gasteiger partial charge in [-0.05, 0) is 98.7 Å². The number of likely N-dealkylation sites (tertiary alicyclic amines) is 1. The Morgan fingerprint density at radius 1 is 0.893 bits per heavy atom. The highest BCUT2D eigenvalue weighted by Gasteiger charge is 2.49. The van der Waals surface area contributed by atoms with Crippen molar-refractivity contribution in [1.29, 1.82) is 0 Å². The van der Waals surface area contributed by atoms with Crippen molar-refractivity contribution in [1.82, 2.24) is 30.2 Å². The summed E-state index contributed by atoms with van der Waals surface area (Å²) >= 11 is 0. The lowest BCUT2D eigenvalue weighted by molar-refractivity contribution is -0.136. The number of carbonyl (C=O) groups is 4. The maximum absolute atomic E-state index is 13.2. The Hall–Kier alpha value is -5.08. The van der Waals surface area contributed by atoms with Crippen molar-refractivity contribution in [3.05, 3.63) is 76.7 Å². The fraction of sp³-hybridized carbons (Fsp3) is 0.524. The van der Waals surface area contributed by atoms with E-state index in [-0.39, 0.29) is 24.5 Å². The Morgan fingerprint density at radius 2 is 1.62 bits per heavy atom. The summed E-state index contributed by atoms with van der Waals surface area (Å²) in [5, 5.41) is 15.4. The van der Waals surface area contributed by atoms with Crippen LogP contribution in [-0.2, 0) is 9.59 Å². The molecule has 0 spiro atoms. The van der Waals surface area contributed by atoms with E-state index in [0.717, 1.165) is 73.3 Å². The molecule has 6 fully saturated rings. The third-order valence-corrected chi connectivity index (χ3v) is 13.6. The number of allylic oxidation sites excluding steroid dienone is 1. The quantitative estimate of drug-likeness (QED) is 0.269. The van der Waals surface area contributed by atoms with Gasteiger partial charge >= 0.3 is 0 Å². The first-order chi connectivity index (χ1) is 27.0. The number of nitrogens with zero attached hydrogens (tertiary/aromatic N) is 5. The normalized spacial score (nSPS) is 31.4. The molecule has 2 saturated carbocycles. The Labute approximate surface area is 327 Å². The number of nitrogens with two attached hydrogens (primary N) is 2. The zero-order valence-corrected chi connectivity index (χ0v) is 32.0. The van der Waals surface area contributed by atoms with E-state index >= 15 is 0 Å². The minimum Gasteiger partial charge on any atom is -0.507 e. The van der Waals surface area contributed by atoms with E-state index < -0.39 is 23.8 Å². The van der Waals surface area contributed by atoms with Gasteiger partial charge in [0.25, 0.3) is 11.8 Å². The number of carbonyl (C=O) groups excluding carboxylic acids is 4. The molecule has 2 aliphatic carbocycles. The van der Waals surface area contributed by atoms with Gasteiger partial charge in [0, 0.05) is 82.3 Å². The lowest BCUT2D eigenvalue weighted by atomic mass is 9.84. The monoisotopic (exact) mass is 763 g/mol. The van der Waals surface area contributed by atoms with Crippen molar-refractivity contribution in [2.75, 3.05) is 70.9 Å². The van der Waals surface area contributed by atoms with Crippen LogP contribution < -0.4 is 27.0 Å². The van der Waals surface area contributed by atoms with Crippen LogP contribution >= 0.6 is 0 Å². The minimum atomic E-state index is -0.920. The summed E-state index contributed by atoms with van der Waals surface area (Å²) in [6.45, 7) is 9.59. The van der Waals surface area contributed by atoms with E-state index in [0.29, 0.717) is 46.1 Å². The van der Waals surface area contributed by atoms with Crippen LogP contribution in [0.3, 0.4) is 0 Å². The highest BCUT2D eigenvalue weighted by molar-refractivity contribution is 6.23. The molecule has 7 N–H and O–H groups in total. The van der Waals surface area contributed by atoms with E-state index in [4.69, 9.17) is 11.5 Å². The molecule has 0 aromatic heterocycles. The number of piperidine rings is 3. The van der Waals surface area contributed by atoms with Crippen LogP contribution in [0, 0.1) is 29.6 Å². The van der Waals surface area contributed by atoms with Gasteiger partial charge < -0.3 is 41.5 Å². The first-order valence-corrected chi connectivity index (χ1v) is 20.3. The molecule has 2 aromatic rings. The lowest BCUT2D eigenvalue weighted by Gasteiger charge is -2.45. The largest absolute Gasteiger partial charge is 0.507 e. The number of amides is 4. The standard InChI is InChI=1S/C26H30N4O4.C16H23N5O/c31-23-6-5-22(24(32)27-23)30-25(33)19-4-3-18(8-20(19)26(30)34)29-11-14-1-2-15(12-29)21(14)13-28-9-16-7-17(16)10-28;1-20-6-7-21-11(10-20)9-19-16(18)14(21)8-13(17)12-4-2-3-5-15(12)22/h3-4,8,14-17,21-22H,1-2,5-7,9-13H2,(H,27,31,32);2-5,8,11,19,22H,6-7,9-10,17-18H2,1H3/b;13-8-. The van der Waals surface area contributed by atoms with Crippen LogP contribution in [0.4, 0.5) is 5.69 Å². The number of imide groups is 2. The summed E-state index contributed by atoms with van der Waals surface area (Å²) < 4.78 is 0. The molecule has 296 valence electrons. The summed E-state index contributed by atoms with van der Waals surface area (Å²) in [7, 11) is 2.13. The smallest absolute Gasteiger partial charge is 0.262 e. The third kappa shape index (κ3) is 6.76.